The highest BCUT2D eigenvalue weighted by Gasteiger charge is 2.29. The molecule has 16 heteroatoms. The van der Waals surface area contributed by atoms with Gasteiger partial charge in [-0.2, -0.15) is 0 Å². The molecule has 0 spiro atoms. The lowest BCUT2D eigenvalue weighted by Gasteiger charge is -2.22. The third kappa shape index (κ3) is 16.3. The van der Waals surface area contributed by atoms with Gasteiger partial charge in [0.15, 0.2) is 15.6 Å². The van der Waals surface area contributed by atoms with E-state index in [0.717, 1.165) is 16.0 Å². The fourth-order valence-corrected chi connectivity index (χ4v) is 8.27. The number of Topliss-reactive ketones (excluding diaryl/α,β-unsaturated/α-hetero) is 1. The van der Waals surface area contributed by atoms with Crippen LogP contribution in [0.2, 0.25) is 0 Å². The first-order chi connectivity index (χ1) is 27.4. The van der Waals surface area contributed by atoms with Crippen LogP contribution in [0.4, 0.5) is 0 Å². The number of hydrogen-bond acceptors (Lipinski definition) is 12. The van der Waals surface area contributed by atoms with Crippen molar-refractivity contribution in [2.24, 2.45) is 5.92 Å². The van der Waals surface area contributed by atoms with Gasteiger partial charge in [0, 0.05) is 40.7 Å². The van der Waals surface area contributed by atoms with E-state index in [4.69, 9.17) is 23.7 Å². The van der Waals surface area contributed by atoms with Crippen LogP contribution in [0.25, 0.3) is 0 Å². The molecule has 14 nitrogen and oxygen atoms in total. The molecule has 310 valence electrons. The zero-order valence-corrected chi connectivity index (χ0v) is 33.9. The molecule has 3 N–H and O–H groups in total. The second-order valence-electron chi connectivity index (χ2n) is 13.5. The second-order valence-corrected chi connectivity index (χ2v) is 16.6. The van der Waals surface area contributed by atoms with Gasteiger partial charge in [0.1, 0.15) is 6.04 Å². The lowest BCUT2D eigenvalue weighted by atomic mass is 9.99. The summed E-state index contributed by atoms with van der Waals surface area (Å²) < 4.78 is 54.8. The summed E-state index contributed by atoms with van der Waals surface area (Å²) in [6.07, 6.45) is -1.14. The van der Waals surface area contributed by atoms with E-state index in [-0.39, 0.29) is 54.4 Å². The molecule has 1 fully saturated rings. The molecule has 0 aromatic heterocycles. The summed E-state index contributed by atoms with van der Waals surface area (Å²) in [6.45, 7) is 6.81. The first-order valence-electron chi connectivity index (χ1n) is 18.8. The Hall–Kier alpha value is -4.16. The average molecular weight is 829 g/mol. The fraction of sp³-hybridized carbons (Fsp3) is 0.463. The molecule has 3 atom stereocenters. The quantitative estimate of drug-likeness (QED) is 0.139. The van der Waals surface area contributed by atoms with Crippen LogP contribution in [0.1, 0.15) is 44.7 Å². The van der Waals surface area contributed by atoms with Gasteiger partial charge in [-0.15, -0.1) is 11.8 Å². The van der Waals surface area contributed by atoms with Crippen LogP contribution in [0.15, 0.2) is 82.6 Å². The SMILES string of the molecule is Cc1ccc(SCC(CS(=O)(=O)c2ccc(C)cc2)C(=O)c2ccc(C(=O)N[C@@H](CCC(=O)O)C(=O)NCC3COCCOCCOCCOCCO3)cc2)cc1. The third-order valence-electron chi connectivity index (χ3n) is 8.85. The van der Waals surface area contributed by atoms with Crippen LogP contribution in [-0.2, 0) is 43.1 Å². The average Bonchev–Trinajstić information content (AvgIpc) is 3.21. The molecule has 4 rings (SSSR count). The zero-order chi connectivity index (χ0) is 41.0. The maximum Gasteiger partial charge on any atom is 0.303 e. The molecule has 0 saturated carbocycles. The van der Waals surface area contributed by atoms with Gasteiger partial charge < -0.3 is 39.4 Å². The van der Waals surface area contributed by atoms with Crippen molar-refractivity contribution in [3.63, 3.8) is 0 Å². The minimum absolute atomic E-state index is 0.0159. The number of hydrogen-bond donors (Lipinski definition) is 3. The molecule has 0 aliphatic carbocycles. The van der Waals surface area contributed by atoms with E-state index >= 15 is 0 Å². The van der Waals surface area contributed by atoms with Crippen molar-refractivity contribution in [3.05, 3.63) is 95.1 Å². The number of thioether (sulfide) groups is 1. The highest BCUT2D eigenvalue weighted by atomic mass is 32.2. The number of sulfone groups is 1. The Bertz CT molecular complexity index is 1820. The van der Waals surface area contributed by atoms with Crippen LogP contribution >= 0.6 is 11.8 Å². The van der Waals surface area contributed by atoms with E-state index in [0.29, 0.717) is 46.2 Å². The summed E-state index contributed by atoms with van der Waals surface area (Å²) in [5, 5.41) is 14.7. The summed E-state index contributed by atoms with van der Waals surface area (Å²) in [6, 6.07) is 18.7. The number of aryl methyl sites for hydroxylation is 2. The van der Waals surface area contributed by atoms with Crippen LogP contribution in [-0.4, -0.2) is 127 Å². The Labute approximate surface area is 338 Å². The number of ketones is 1. The van der Waals surface area contributed by atoms with Crippen molar-refractivity contribution in [1.29, 1.82) is 0 Å². The minimum Gasteiger partial charge on any atom is -0.481 e. The van der Waals surface area contributed by atoms with Crippen LogP contribution < -0.4 is 10.6 Å². The lowest BCUT2D eigenvalue weighted by molar-refractivity contribution is -0.137. The second kappa shape index (κ2) is 23.9. The zero-order valence-electron chi connectivity index (χ0n) is 32.3. The smallest absolute Gasteiger partial charge is 0.303 e. The predicted octanol–water partition coefficient (Wildman–Crippen LogP) is 3.91. The molecular weight excluding hydrogens is 777 g/mol. The van der Waals surface area contributed by atoms with Crippen molar-refractivity contribution >= 4 is 45.2 Å². The van der Waals surface area contributed by atoms with E-state index in [1.807, 2.05) is 38.1 Å². The predicted molar refractivity (Wildman–Crippen MR) is 214 cm³/mol. The topological polar surface area (TPSA) is 193 Å². The number of carboxylic acids is 1. The fourth-order valence-electron chi connectivity index (χ4n) is 5.59. The van der Waals surface area contributed by atoms with Gasteiger partial charge in [0.2, 0.25) is 5.91 Å². The number of aliphatic carboxylic acids is 1. The molecule has 3 aromatic carbocycles. The number of ether oxygens (including phenoxy) is 5. The molecule has 1 aliphatic rings. The Balaban J connectivity index is 1.42. The highest BCUT2D eigenvalue weighted by Crippen LogP contribution is 2.26. The van der Waals surface area contributed by atoms with Gasteiger partial charge >= 0.3 is 5.97 Å². The number of nitrogens with one attached hydrogen (secondary N) is 2. The first kappa shape index (κ1) is 45.5. The van der Waals surface area contributed by atoms with Gasteiger partial charge in [0.05, 0.1) is 76.2 Å². The van der Waals surface area contributed by atoms with E-state index < -0.39 is 57.2 Å². The molecule has 2 amide bonds. The summed E-state index contributed by atoms with van der Waals surface area (Å²) >= 11 is 1.38. The summed E-state index contributed by atoms with van der Waals surface area (Å²) in [5.74, 6) is -3.94. The summed E-state index contributed by atoms with van der Waals surface area (Å²) in [7, 11) is -3.83. The van der Waals surface area contributed by atoms with Crippen molar-refractivity contribution in [2.45, 2.75) is 48.6 Å². The Morgan fingerprint density at radius 1 is 0.754 bits per heavy atom. The standard InChI is InChI=1S/C41H52N2O12S2/c1-29-3-11-35(12-4-29)56-27-33(28-57(49,50)36-13-5-30(2)6-14-36)39(46)31-7-9-32(10-8-31)40(47)43-37(15-16-38(44)45)41(48)42-25-34-26-54-22-21-52-18-17-51-19-20-53-23-24-55-34/h3-14,33-34,37H,15-28H2,1-2H3,(H,42,48)(H,43,47)(H,44,45)/t33?,34?,37-/m0/s1. The molecule has 3 aromatic rings. The Kier molecular flexibility index (Phi) is 19.1. The highest BCUT2D eigenvalue weighted by molar-refractivity contribution is 7.99. The van der Waals surface area contributed by atoms with Crippen LogP contribution in [0.5, 0.6) is 0 Å². The molecule has 1 saturated heterocycles. The van der Waals surface area contributed by atoms with Crippen LogP contribution in [0.3, 0.4) is 0 Å². The summed E-state index contributed by atoms with van der Waals surface area (Å²) in [5.41, 5.74) is 2.31. The van der Waals surface area contributed by atoms with Crippen molar-refractivity contribution < 1.29 is 56.4 Å². The molecule has 0 bridgehead atoms. The summed E-state index contributed by atoms with van der Waals surface area (Å²) in [4.78, 5) is 53.1. The number of amides is 2. The molecule has 1 aliphatic heterocycles. The number of carbonyl (C=O) groups is 4. The lowest BCUT2D eigenvalue weighted by Crippen LogP contribution is -2.49. The third-order valence-corrected chi connectivity index (χ3v) is 11.9. The first-order valence-corrected chi connectivity index (χ1v) is 21.4. The van der Waals surface area contributed by atoms with E-state index in [2.05, 4.69) is 10.6 Å². The van der Waals surface area contributed by atoms with E-state index in [9.17, 15) is 32.7 Å². The van der Waals surface area contributed by atoms with E-state index in [1.165, 1.54) is 48.2 Å². The molecule has 2 unspecified atom stereocenters. The number of rotatable bonds is 16. The monoisotopic (exact) mass is 828 g/mol. The van der Waals surface area contributed by atoms with Gasteiger partial charge in [-0.05, 0) is 56.7 Å². The Morgan fingerprint density at radius 2 is 1.30 bits per heavy atom. The van der Waals surface area contributed by atoms with Crippen molar-refractivity contribution in [1.82, 2.24) is 10.6 Å². The molecule has 57 heavy (non-hydrogen) atoms. The van der Waals surface area contributed by atoms with Gasteiger partial charge in [0.25, 0.3) is 5.91 Å². The number of carboxylic acid groups (broad SMARTS) is 1. The van der Waals surface area contributed by atoms with Gasteiger partial charge in [-0.1, -0.05) is 47.5 Å². The largest absolute Gasteiger partial charge is 0.481 e. The van der Waals surface area contributed by atoms with Gasteiger partial charge in [-0.3, -0.25) is 19.2 Å². The van der Waals surface area contributed by atoms with Gasteiger partial charge in [-0.25, -0.2) is 8.42 Å². The maximum atomic E-state index is 13.9. The van der Waals surface area contributed by atoms with E-state index in [1.54, 1.807) is 12.1 Å². The maximum absolute atomic E-state index is 13.9. The molecule has 0 radical (unpaired) electrons. The number of carbonyl (C=O) groups excluding carboxylic acids is 3. The van der Waals surface area contributed by atoms with Crippen LogP contribution in [0, 0.1) is 19.8 Å². The molecular formula is C41H52N2O12S2. The number of benzene rings is 3. The minimum atomic E-state index is -3.83. The Morgan fingerprint density at radius 3 is 1.89 bits per heavy atom. The van der Waals surface area contributed by atoms with Crippen molar-refractivity contribution in [2.75, 3.05) is 77.5 Å². The normalized spacial score (nSPS) is 17.3. The molecule has 1 heterocycles. The van der Waals surface area contributed by atoms with Crippen molar-refractivity contribution in [3.8, 4) is 0 Å².